The molecule has 0 spiro atoms. The fourth-order valence-electron chi connectivity index (χ4n) is 2.82. The number of hydrogen-bond donors (Lipinski definition) is 2. The Labute approximate surface area is 161 Å². The maximum atomic E-state index is 14.3. The van der Waals surface area contributed by atoms with Gasteiger partial charge in [-0.15, -0.1) is 0 Å². The number of benzene rings is 2. The number of rotatable bonds is 6. The Kier molecular flexibility index (Phi) is 6.24. The highest BCUT2D eigenvalue weighted by Crippen LogP contribution is 2.29. The molecule has 2 N–H and O–H groups in total. The van der Waals surface area contributed by atoms with E-state index in [9.17, 15) is 27.1 Å². The van der Waals surface area contributed by atoms with Gasteiger partial charge in [-0.25, -0.2) is 17.2 Å². The number of aryl methyl sites for hydroxylation is 1. The maximum Gasteiger partial charge on any atom is 0.322 e. The third-order valence-electron chi connectivity index (χ3n) is 4.42. The van der Waals surface area contributed by atoms with Crippen molar-refractivity contribution in [3.05, 3.63) is 63.7 Å². The predicted octanol–water partition coefficient (Wildman–Crippen LogP) is 3.77. The average molecular weight is 418 g/mol. The second-order valence-corrected chi connectivity index (χ2v) is 8.32. The van der Waals surface area contributed by atoms with E-state index < -0.39 is 44.5 Å². The normalized spacial score (nSPS) is 14.0. The van der Waals surface area contributed by atoms with Gasteiger partial charge in [0.15, 0.2) is 0 Å². The molecule has 0 radical (unpaired) electrons. The molecule has 27 heavy (non-hydrogen) atoms. The van der Waals surface area contributed by atoms with Gasteiger partial charge < -0.3 is 5.11 Å². The molecule has 2 aromatic carbocycles. The topological polar surface area (TPSA) is 83.5 Å². The fourth-order valence-corrected chi connectivity index (χ4v) is 4.31. The molecule has 0 saturated heterocycles. The molecule has 0 aliphatic rings. The molecule has 0 amide bonds. The SMILES string of the molecule is Cc1ccc(F)c([C@@H](C)[C@H](NS(=O)(=O)c2ccc(Cl)cc2F)C(=O)O)c1C. The van der Waals surface area contributed by atoms with Gasteiger partial charge in [0.05, 0.1) is 0 Å². The van der Waals surface area contributed by atoms with Crippen LogP contribution in [-0.4, -0.2) is 25.5 Å². The van der Waals surface area contributed by atoms with Crippen molar-refractivity contribution in [1.29, 1.82) is 0 Å². The van der Waals surface area contributed by atoms with Crippen LogP contribution in [0.3, 0.4) is 0 Å². The lowest BCUT2D eigenvalue weighted by molar-refractivity contribution is -0.139. The Morgan fingerprint density at radius 3 is 2.33 bits per heavy atom. The van der Waals surface area contributed by atoms with Gasteiger partial charge in [-0.1, -0.05) is 24.6 Å². The first-order valence-electron chi connectivity index (χ1n) is 7.91. The van der Waals surface area contributed by atoms with Crippen LogP contribution in [0.25, 0.3) is 0 Å². The lowest BCUT2D eigenvalue weighted by atomic mass is 9.88. The van der Waals surface area contributed by atoms with Crippen molar-refractivity contribution in [1.82, 2.24) is 4.72 Å². The summed E-state index contributed by atoms with van der Waals surface area (Å²) in [5.41, 5.74) is 1.33. The lowest BCUT2D eigenvalue weighted by Crippen LogP contribution is -2.44. The monoisotopic (exact) mass is 417 g/mol. The third-order valence-corrected chi connectivity index (χ3v) is 6.13. The summed E-state index contributed by atoms with van der Waals surface area (Å²) < 4.78 is 55.3. The van der Waals surface area contributed by atoms with Gasteiger partial charge in [0, 0.05) is 10.9 Å². The summed E-state index contributed by atoms with van der Waals surface area (Å²) in [6.07, 6.45) is 0. The summed E-state index contributed by atoms with van der Waals surface area (Å²) in [7, 11) is -4.53. The number of halogens is 3. The molecule has 0 aliphatic carbocycles. The van der Waals surface area contributed by atoms with Crippen LogP contribution in [0.2, 0.25) is 5.02 Å². The van der Waals surface area contributed by atoms with Crippen LogP contribution in [0.5, 0.6) is 0 Å². The first-order valence-corrected chi connectivity index (χ1v) is 9.77. The molecule has 5 nitrogen and oxygen atoms in total. The molecule has 2 aromatic rings. The highest BCUT2D eigenvalue weighted by Gasteiger charge is 2.34. The first-order chi connectivity index (χ1) is 12.5. The number of sulfonamides is 1. The molecule has 0 fully saturated rings. The molecule has 146 valence electrons. The van der Waals surface area contributed by atoms with Crippen molar-refractivity contribution in [2.24, 2.45) is 0 Å². The molecular formula is C18H18ClF2NO4S. The summed E-state index contributed by atoms with van der Waals surface area (Å²) in [5, 5.41) is 9.51. The Hall–Kier alpha value is -2.03. The van der Waals surface area contributed by atoms with Gasteiger partial charge in [-0.2, -0.15) is 4.72 Å². The minimum Gasteiger partial charge on any atom is -0.480 e. The first kappa shape index (κ1) is 21.3. The highest BCUT2D eigenvalue weighted by molar-refractivity contribution is 7.89. The number of aliphatic carboxylic acids is 1. The molecule has 0 unspecified atom stereocenters. The van der Waals surface area contributed by atoms with Gasteiger partial charge in [-0.05, 0) is 54.8 Å². The zero-order valence-corrected chi connectivity index (χ0v) is 16.3. The molecule has 2 rings (SSSR count). The quantitative estimate of drug-likeness (QED) is 0.749. The van der Waals surface area contributed by atoms with Crippen LogP contribution in [0, 0.1) is 25.5 Å². The molecule has 0 aromatic heterocycles. The van der Waals surface area contributed by atoms with Gasteiger partial charge in [-0.3, -0.25) is 4.79 Å². The smallest absolute Gasteiger partial charge is 0.322 e. The molecule has 2 atom stereocenters. The Morgan fingerprint density at radius 2 is 1.78 bits per heavy atom. The minimum atomic E-state index is -4.53. The Balaban J connectivity index is 2.47. The maximum absolute atomic E-state index is 14.3. The van der Waals surface area contributed by atoms with E-state index in [0.717, 1.165) is 17.7 Å². The number of carbonyl (C=O) groups is 1. The largest absolute Gasteiger partial charge is 0.480 e. The molecular weight excluding hydrogens is 400 g/mol. The van der Waals surface area contributed by atoms with Crippen molar-refractivity contribution in [3.8, 4) is 0 Å². The van der Waals surface area contributed by atoms with Crippen molar-refractivity contribution in [3.63, 3.8) is 0 Å². The standard InChI is InChI=1S/C18H18ClF2NO4S/c1-9-4-6-13(20)16(10(9)2)11(3)17(18(23)24)22-27(25,26)15-7-5-12(19)8-14(15)21/h4-8,11,17,22H,1-3H3,(H,23,24)/t11-,17+/m1/s1. The minimum absolute atomic E-state index is 0.00735. The van der Waals surface area contributed by atoms with Crippen molar-refractivity contribution in [2.75, 3.05) is 0 Å². The van der Waals surface area contributed by atoms with Gasteiger partial charge in [0.1, 0.15) is 22.6 Å². The Morgan fingerprint density at radius 1 is 1.15 bits per heavy atom. The van der Waals surface area contributed by atoms with E-state index in [2.05, 4.69) is 0 Å². The van der Waals surface area contributed by atoms with Gasteiger partial charge in [0.25, 0.3) is 0 Å². The summed E-state index contributed by atoms with van der Waals surface area (Å²) in [6, 6.07) is 3.94. The van der Waals surface area contributed by atoms with E-state index >= 15 is 0 Å². The number of nitrogens with one attached hydrogen (secondary N) is 1. The molecule has 0 aliphatic heterocycles. The molecule has 0 heterocycles. The second-order valence-electron chi connectivity index (χ2n) is 6.20. The molecule has 0 saturated carbocycles. The highest BCUT2D eigenvalue weighted by atomic mass is 35.5. The fraction of sp³-hybridized carbons (Fsp3) is 0.278. The summed E-state index contributed by atoms with van der Waals surface area (Å²) in [4.78, 5) is 11.0. The lowest BCUT2D eigenvalue weighted by Gasteiger charge is -2.24. The second kappa shape index (κ2) is 7.92. The number of carboxylic acids is 1. The van der Waals surface area contributed by atoms with Gasteiger partial charge >= 0.3 is 5.97 Å². The third kappa shape index (κ3) is 4.45. The molecule has 9 heteroatoms. The molecule has 0 bridgehead atoms. The van der Waals surface area contributed by atoms with E-state index in [1.807, 2.05) is 4.72 Å². The van der Waals surface area contributed by atoms with Crippen LogP contribution in [0.4, 0.5) is 8.78 Å². The average Bonchev–Trinajstić information content (AvgIpc) is 2.55. The van der Waals surface area contributed by atoms with Crippen molar-refractivity contribution in [2.45, 2.75) is 37.6 Å². The van der Waals surface area contributed by atoms with Crippen LogP contribution >= 0.6 is 11.6 Å². The summed E-state index contributed by atoms with van der Waals surface area (Å²) >= 11 is 5.61. The summed E-state index contributed by atoms with van der Waals surface area (Å²) in [6.45, 7) is 4.74. The number of hydrogen-bond acceptors (Lipinski definition) is 3. The Bertz CT molecular complexity index is 995. The number of carboxylic acid groups (broad SMARTS) is 1. The van der Waals surface area contributed by atoms with E-state index in [0.29, 0.717) is 5.56 Å². The van der Waals surface area contributed by atoms with Crippen LogP contribution < -0.4 is 4.72 Å². The summed E-state index contributed by atoms with van der Waals surface area (Å²) in [5.74, 6) is -4.33. The zero-order valence-electron chi connectivity index (χ0n) is 14.8. The van der Waals surface area contributed by atoms with Crippen LogP contribution in [0.15, 0.2) is 35.2 Å². The van der Waals surface area contributed by atoms with E-state index in [-0.39, 0.29) is 10.6 Å². The van der Waals surface area contributed by atoms with Crippen LogP contribution in [-0.2, 0) is 14.8 Å². The zero-order chi connectivity index (χ0) is 20.5. The van der Waals surface area contributed by atoms with Crippen molar-refractivity contribution < 1.29 is 27.1 Å². The van der Waals surface area contributed by atoms with Gasteiger partial charge in [0.2, 0.25) is 10.0 Å². The predicted molar refractivity (Wildman–Crippen MR) is 97.4 cm³/mol. The van der Waals surface area contributed by atoms with Crippen molar-refractivity contribution >= 4 is 27.6 Å². The van der Waals surface area contributed by atoms with Crippen LogP contribution in [0.1, 0.15) is 29.5 Å². The van der Waals surface area contributed by atoms with E-state index in [1.54, 1.807) is 19.9 Å². The van der Waals surface area contributed by atoms with E-state index in [1.165, 1.54) is 19.1 Å². The van der Waals surface area contributed by atoms with E-state index in [4.69, 9.17) is 11.6 Å².